The summed E-state index contributed by atoms with van der Waals surface area (Å²) in [4.78, 5) is 40.6. The second-order valence-corrected chi connectivity index (χ2v) is 9.56. The van der Waals surface area contributed by atoms with Gasteiger partial charge in [0, 0.05) is 12.6 Å². The van der Waals surface area contributed by atoms with Gasteiger partial charge in [0.05, 0.1) is 6.61 Å². The van der Waals surface area contributed by atoms with E-state index in [4.69, 9.17) is 4.74 Å². The van der Waals surface area contributed by atoms with Crippen LogP contribution in [0.25, 0.3) is 0 Å². The van der Waals surface area contributed by atoms with Crippen molar-refractivity contribution >= 4 is 17.9 Å². The molecule has 0 fully saturated rings. The molecule has 1 rings (SSSR count). The number of alkyl carbamates (subject to hydrolysis) is 1. The van der Waals surface area contributed by atoms with Gasteiger partial charge in [-0.25, -0.2) is 4.79 Å². The number of phenols is 1. The van der Waals surface area contributed by atoms with Gasteiger partial charge >= 0.3 is 6.09 Å². The van der Waals surface area contributed by atoms with Crippen LogP contribution < -0.4 is 10.6 Å². The van der Waals surface area contributed by atoms with Gasteiger partial charge in [-0.05, 0) is 70.7 Å². The van der Waals surface area contributed by atoms with Crippen molar-refractivity contribution in [2.75, 3.05) is 13.2 Å². The van der Waals surface area contributed by atoms with Crippen LogP contribution in [-0.4, -0.2) is 63.9 Å². The third-order valence-electron chi connectivity index (χ3n) is 5.13. The molecule has 0 aliphatic heterocycles. The summed E-state index contributed by atoms with van der Waals surface area (Å²) in [6.07, 6.45) is 1.36. The fraction of sp³-hybridized carbons (Fsp3) is 0.640. The molecule has 0 aromatic heterocycles. The number of phenolic OH excluding ortho intramolecular Hbond substituents is 1. The zero-order valence-corrected chi connectivity index (χ0v) is 21.5. The van der Waals surface area contributed by atoms with Crippen molar-refractivity contribution in [3.05, 3.63) is 29.3 Å². The summed E-state index contributed by atoms with van der Waals surface area (Å²) < 4.78 is 5.22. The number of aliphatic hydroxyl groups is 1. The highest BCUT2D eigenvalue weighted by atomic mass is 16.6. The predicted molar refractivity (Wildman–Crippen MR) is 130 cm³/mol. The number of nitrogens with zero attached hydrogens (tertiary/aromatic N) is 1. The topological polar surface area (TPSA) is 128 Å². The minimum absolute atomic E-state index is 0.0791. The standard InChI is InChI=1S/C25H41N3O6/c1-8-10-17(4)26-22(31)21(18-11-12-20(30)16(3)14-18)28(13-9-2)23(32)19(15-29)27-24(33)34-25(5,6)7/h11-12,14,17,19,21,29-30H,8-10,13,15H2,1-7H3,(H,26,31)(H,27,33). The average molecular weight is 480 g/mol. The van der Waals surface area contributed by atoms with Crippen molar-refractivity contribution in [3.63, 3.8) is 0 Å². The van der Waals surface area contributed by atoms with Crippen LogP contribution in [0.2, 0.25) is 0 Å². The van der Waals surface area contributed by atoms with Crippen LogP contribution in [0, 0.1) is 6.92 Å². The molecule has 3 unspecified atom stereocenters. The van der Waals surface area contributed by atoms with Crippen molar-refractivity contribution in [3.8, 4) is 5.75 Å². The van der Waals surface area contributed by atoms with E-state index < -0.39 is 36.3 Å². The van der Waals surface area contributed by atoms with E-state index in [1.54, 1.807) is 39.8 Å². The van der Waals surface area contributed by atoms with Gasteiger partial charge in [-0.1, -0.05) is 26.3 Å². The Kier molecular flexibility index (Phi) is 11.3. The first-order valence-electron chi connectivity index (χ1n) is 11.8. The molecule has 4 N–H and O–H groups in total. The first-order valence-corrected chi connectivity index (χ1v) is 11.8. The maximum atomic E-state index is 13.5. The Bertz CT molecular complexity index is 836. The second-order valence-electron chi connectivity index (χ2n) is 9.56. The third kappa shape index (κ3) is 8.85. The van der Waals surface area contributed by atoms with Crippen molar-refractivity contribution in [2.24, 2.45) is 0 Å². The van der Waals surface area contributed by atoms with Gasteiger partial charge in [-0.3, -0.25) is 9.59 Å². The fourth-order valence-corrected chi connectivity index (χ4v) is 3.59. The summed E-state index contributed by atoms with van der Waals surface area (Å²) in [7, 11) is 0. The number of rotatable bonds is 11. The lowest BCUT2D eigenvalue weighted by Crippen LogP contribution is -2.55. The number of ether oxygens (including phenoxy) is 1. The van der Waals surface area contributed by atoms with Crippen LogP contribution in [-0.2, 0) is 14.3 Å². The van der Waals surface area contributed by atoms with Crippen LogP contribution in [0.15, 0.2) is 18.2 Å². The Labute approximate surface area is 202 Å². The number of hydrogen-bond acceptors (Lipinski definition) is 6. The summed E-state index contributed by atoms with van der Waals surface area (Å²) >= 11 is 0. The van der Waals surface area contributed by atoms with E-state index in [0.29, 0.717) is 17.5 Å². The predicted octanol–water partition coefficient (Wildman–Crippen LogP) is 3.17. The number of carbonyl (C=O) groups is 3. The van der Waals surface area contributed by atoms with Gasteiger partial charge < -0.3 is 30.5 Å². The van der Waals surface area contributed by atoms with E-state index in [-0.39, 0.29) is 24.2 Å². The molecule has 192 valence electrons. The number of hydrogen-bond donors (Lipinski definition) is 4. The molecule has 0 bridgehead atoms. The maximum Gasteiger partial charge on any atom is 0.408 e. The number of benzene rings is 1. The molecule has 9 nitrogen and oxygen atoms in total. The van der Waals surface area contributed by atoms with Crippen molar-refractivity contribution < 1.29 is 29.3 Å². The van der Waals surface area contributed by atoms with Gasteiger partial charge in [0.15, 0.2) is 0 Å². The summed E-state index contributed by atoms with van der Waals surface area (Å²) in [6, 6.07) is 2.34. The van der Waals surface area contributed by atoms with Crippen LogP contribution in [0.3, 0.4) is 0 Å². The number of aryl methyl sites for hydroxylation is 1. The molecular formula is C25H41N3O6. The quantitative estimate of drug-likeness (QED) is 0.386. The largest absolute Gasteiger partial charge is 0.508 e. The minimum Gasteiger partial charge on any atom is -0.508 e. The first-order chi connectivity index (χ1) is 15.8. The Balaban J connectivity index is 3.37. The molecule has 0 spiro atoms. The summed E-state index contributed by atoms with van der Waals surface area (Å²) in [6.45, 7) is 12.1. The fourth-order valence-electron chi connectivity index (χ4n) is 3.59. The second kappa shape index (κ2) is 13.2. The van der Waals surface area contributed by atoms with E-state index in [9.17, 15) is 24.6 Å². The normalized spacial score (nSPS) is 14.0. The Hall–Kier alpha value is -2.81. The zero-order valence-electron chi connectivity index (χ0n) is 21.5. The molecule has 3 atom stereocenters. The highest BCUT2D eigenvalue weighted by molar-refractivity contribution is 5.92. The highest BCUT2D eigenvalue weighted by Crippen LogP contribution is 2.27. The number of nitrogens with one attached hydrogen (secondary N) is 2. The van der Waals surface area contributed by atoms with Crippen molar-refractivity contribution in [1.29, 1.82) is 0 Å². The first kappa shape index (κ1) is 29.2. The molecular weight excluding hydrogens is 438 g/mol. The number of amides is 3. The third-order valence-corrected chi connectivity index (χ3v) is 5.13. The minimum atomic E-state index is -1.29. The van der Waals surface area contributed by atoms with Gasteiger partial charge in [0.25, 0.3) is 0 Å². The van der Waals surface area contributed by atoms with E-state index >= 15 is 0 Å². The van der Waals surface area contributed by atoms with Crippen LogP contribution in [0.1, 0.15) is 78.0 Å². The summed E-state index contributed by atoms with van der Waals surface area (Å²) in [5, 5.41) is 25.3. The van der Waals surface area contributed by atoms with E-state index in [1.165, 1.54) is 11.0 Å². The molecule has 1 aromatic rings. The molecule has 0 saturated heterocycles. The van der Waals surface area contributed by atoms with E-state index in [1.807, 2.05) is 20.8 Å². The van der Waals surface area contributed by atoms with Crippen LogP contribution in [0.5, 0.6) is 5.75 Å². The van der Waals surface area contributed by atoms with Crippen LogP contribution in [0.4, 0.5) is 4.79 Å². The molecule has 9 heteroatoms. The van der Waals surface area contributed by atoms with Crippen LogP contribution >= 0.6 is 0 Å². The molecule has 0 heterocycles. The van der Waals surface area contributed by atoms with Gasteiger partial charge in [-0.15, -0.1) is 0 Å². The number of aliphatic hydroxyl groups excluding tert-OH is 1. The summed E-state index contributed by atoms with van der Waals surface area (Å²) in [5.74, 6) is -0.901. The monoisotopic (exact) mass is 479 g/mol. The Morgan fingerprint density at radius 3 is 2.26 bits per heavy atom. The molecule has 0 aliphatic carbocycles. The number of aromatic hydroxyl groups is 1. The lowest BCUT2D eigenvalue weighted by atomic mass is 9.99. The van der Waals surface area contributed by atoms with Crippen molar-refractivity contribution in [2.45, 2.75) is 91.5 Å². The Morgan fingerprint density at radius 2 is 1.76 bits per heavy atom. The number of carbonyl (C=O) groups excluding carboxylic acids is 3. The molecule has 0 saturated carbocycles. The van der Waals surface area contributed by atoms with Gasteiger partial charge in [0.1, 0.15) is 23.4 Å². The smallest absolute Gasteiger partial charge is 0.408 e. The average Bonchev–Trinajstić information content (AvgIpc) is 2.72. The zero-order chi connectivity index (χ0) is 26.1. The molecule has 0 radical (unpaired) electrons. The molecule has 1 aromatic carbocycles. The maximum absolute atomic E-state index is 13.5. The summed E-state index contributed by atoms with van der Waals surface area (Å²) in [5.41, 5.74) is 0.302. The lowest BCUT2D eigenvalue weighted by Gasteiger charge is -2.34. The van der Waals surface area contributed by atoms with Crippen molar-refractivity contribution in [1.82, 2.24) is 15.5 Å². The van der Waals surface area contributed by atoms with Gasteiger partial charge in [0.2, 0.25) is 11.8 Å². The highest BCUT2D eigenvalue weighted by Gasteiger charge is 2.36. The van der Waals surface area contributed by atoms with Gasteiger partial charge in [-0.2, -0.15) is 0 Å². The lowest BCUT2D eigenvalue weighted by molar-refractivity contribution is -0.143. The molecule has 0 aliphatic rings. The Morgan fingerprint density at radius 1 is 1.12 bits per heavy atom. The van der Waals surface area contributed by atoms with E-state index in [0.717, 1.165) is 12.8 Å². The molecule has 34 heavy (non-hydrogen) atoms. The molecule has 3 amide bonds. The van der Waals surface area contributed by atoms with E-state index in [2.05, 4.69) is 10.6 Å². The SMILES string of the molecule is CCCC(C)NC(=O)C(c1ccc(O)c(C)c1)N(CCC)C(=O)C(CO)NC(=O)OC(C)(C)C.